The van der Waals surface area contributed by atoms with E-state index in [4.69, 9.17) is 4.52 Å². The third-order valence-corrected chi connectivity index (χ3v) is 4.38. The van der Waals surface area contributed by atoms with Crippen LogP contribution in [0.3, 0.4) is 0 Å². The molecule has 1 amide bonds. The lowest BCUT2D eigenvalue weighted by Crippen LogP contribution is -2.39. The van der Waals surface area contributed by atoms with E-state index in [0.29, 0.717) is 17.8 Å². The zero-order chi connectivity index (χ0) is 16.4. The second-order valence-corrected chi connectivity index (χ2v) is 5.90. The third-order valence-electron chi connectivity index (χ3n) is 4.38. The fourth-order valence-electron chi connectivity index (χ4n) is 3.16. The zero-order valence-corrected chi connectivity index (χ0v) is 13.1. The first-order chi connectivity index (χ1) is 11.8. The van der Waals surface area contributed by atoms with Crippen LogP contribution < -0.4 is 0 Å². The number of piperidine rings is 1. The smallest absolute Gasteiger partial charge is 0.259 e. The maximum absolute atomic E-state index is 12.9. The summed E-state index contributed by atoms with van der Waals surface area (Å²) in [4.78, 5) is 19.0. The van der Waals surface area contributed by atoms with Crippen LogP contribution in [-0.2, 0) is 0 Å². The van der Waals surface area contributed by atoms with Crippen LogP contribution >= 0.6 is 0 Å². The van der Waals surface area contributed by atoms with Crippen molar-refractivity contribution in [3.05, 3.63) is 54.3 Å². The summed E-state index contributed by atoms with van der Waals surface area (Å²) >= 11 is 0. The highest BCUT2D eigenvalue weighted by Gasteiger charge is 2.29. The average Bonchev–Trinajstić information content (AvgIpc) is 3.34. The molecule has 24 heavy (non-hydrogen) atoms. The molecular formula is C17H17N5O2. The van der Waals surface area contributed by atoms with Crippen LogP contribution in [0.1, 0.15) is 34.9 Å². The van der Waals surface area contributed by atoms with Gasteiger partial charge in [0.1, 0.15) is 29.7 Å². The molecule has 0 aliphatic carbocycles. The maximum Gasteiger partial charge on any atom is 0.259 e. The van der Waals surface area contributed by atoms with E-state index >= 15 is 0 Å². The van der Waals surface area contributed by atoms with Crippen molar-refractivity contribution >= 4 is 5.91 Å². The third kappa shape index (κ3) is 2.68. The molecule has 1 N–H and O–H groups in total. The van der Waals surface area contributed by atoms with Crippen LogP contribution in [0, 0.1) is 0 Å². The lowest BCUT2D eigenvalue weighted by Gasteiger charge is -2.31. The van der Waals surface area contributed by atoms with Gasteiger partial charge in [-0.15, -0.1) is 0 Å². The number of nitrogens with one attached hydrogen (secondary N) is 1. The second kappa shape index (κ2) is 6.27. The first-order valence-corrected chi connectivity index (χ1v) is 7.97. The Labute approximate surface area is 138 Å². The van der Waals surface area contributed by atoms with Crippen molar-refractivity contribution in [1.29, 1.82) is 0 Å². The molecule has 3 aromatic rings. The quantitative estimate of drug-likeness (QED) is 0.800. The number of amides is 1. The minimum absolute atomic E-state index is 0.0562. The Morgan fingerprint density at radius 3 is 2.96 bits per heavy atom. The van der Waals surface area contributed by atoms with Gasteiger partial charge in [0, 0.05) is 24.6 Å². The minimum Gasteiger partial charge on any atom is -0.363 e. The first kappa shape index (κ1) is 14.6. The summed E-state index contributed by atoms with van der Waals surface area (Å²) in [6.07, 6.45) is 4.86. The largest absolute Gasteiger partial charge is 0.363 e. The van der Waals surface area contributed by atoms with Crippen molar-refractivity contribution in [2.45, 2.75) is 18.8 Å². The Bertz CT molecular complexity index is 813. The van der Waals surface area contributed by atoms with Crippen molar-refractivity contribution < 1.29 is 9.32 Å². The molecule has 122 valence electrons. The Morgan fingerprint density at radius 2 is 2.17 bits per heavy atom. The summed E-state index contributed by atoms with van der Waals surface area (Å²) in [5, 5.41) is 10.8. The number of nitrogens with zero attached hydrogens (tertiary/aromatic N) is 4. The molecule has 2 aromatic heterocycles. The van der Waals surface area contributed by atoms with E-state index in [-0.39, 0.29) is 11.8 Å². The lowest BCUT2D eigenvalue weighted by molar-refractivity contribution is 0.0704. The van der Waals surface area contributed by atoms with Gasteiger partial charge in [0.25, 0.3) is 5.91 Å². The number of carbonyl (C=O) groups excluding carboxylic acids is 1. The van der Waals surface area contributed by atoms with Crippen molar-refractivity contribution in [2.24, 2.45) is 0 Å². The summed E-state index contributed by atoms with van der Waals surface area (Å²) < 4.78 is 5.09. The number of benzene rings is 1. The predicted molar refractivity (Wildman–Crippen MR) is 86.2 cm³/mol. The molecule has 7 nitrogen and oxygen atoms in total. The van der Waals surface area contributed by atoms with Gasteiger partial charge in [-0.05, 0) is 12.8 Å². The molecule has 0 radical (unpaired) electrons. The normalized spacial score (nSPS) is 17.8. The number of H-pyrrole nitrogens is 1. The highest BCUT2D eigenvalue weighted by molar-refractivity contribution is 5.99. The molecule has 1 aliphatic rings. The van der Waals surface area contributed by atoms with Gasteiger partial charge in [-0.25, -0.2) is 4.98 Å². The number of aromatic nitrogens is 4. The summed E-state index contributed by atoms with van der Waals surface area (Å²) in [5.41, 5.74) is 1.96. The topological polar surface area (TPSA) is 87.9 Å². The van der Waals surface area contributed by atoms with E-state index in [2.05, 4.69) is 20.3 Å². The lowest BCUT2D eigenvalue weighted by atomic mass is 9.96. The van der Waals surface area contributed by atoms with Gasteiger partial charge in [-0.1, -0.05) is 35.5 Å². The number of rotatable bonds is 3. The van der Waals surface area contributed by atoms with Crippen LogP contribution in [-0.4, -0.2) is 44.2 Å². The van der Waals surface area contributed by atoms with Crippen LogP contribution in [0.5, 0.6) is 0 Å². The molecule has 1 aromatic carbocycles. The van der Waals surface area contributed by atoms with Crippen molar-refractivity contribution in [1.82, 2.24) is 25.2 Å². The summed E-state index contributed by atoms with van der Waals surface area (Å²) in [7, 11) is 0. The molecule has 0 spiro atoms. The molecule has 7 heteroatoms. The minimum atomic E-state index is -0.0562. The van der Waals surface area contributed by atoms with E-state index in [1.807, 2.05) is 35.2 Å². The van der Waals surface area contributed by atoms with Crippen LogP contribution in [0.4, 0.5) is 0 Å². The van der Waals surface area contributed by atoms with Crippen molar-refractivity contribution in [3.63, 3.8) is 0 Å². The summed E-state index contributed by atoms with van der Waals surface area (Å²) in [6.45, 7) is 1.34. The van der Waals surface area contributed by atoms with Gasteiger partial charge in [-0.2, -0.15) is 5.10 Å². The van der Waals surface area contributed by atoms with E-state index in [9.17, 15) is 4.79 Å². The second-order valence-electron chi connectivity index (χ2n) is 5.90. The molecule has 0 bridgehead atoms. The van der Waals surface area contributed by atoms with Crippen LogP contribution in [0.2, 0.25) is 0 Å². The predicted octanol–water partition coefficient (Wildman–Crippen LogP) is 2.48. The molecule has 1 saturated heterocycles. The maximum atomic E-state index is 12.9. The van der Waals surface area contributed by atoms with E-state index in [1.54, 1.807) is 0 Å². The highest BCUT2D eigenvalue weighted by atomic mass is 16.5. The van der Waals surface area contributed by atoms with E-state index in [0.717, 1.165) is 30.8 Å². The fraction of sp³-hybridized carbons (Fsp3) is 0.294. The Morgan fingerprint density at radius 1 is 1.29 bits per heavy atom. The molecule has 0 saturated carbocycles. The molecule has 1 fully saturated rings. The summed E-state index contributed by atoms with van der Waals surface area (Å²) in [5.74, 6) is 0.964. The van der Waals surface area contributed by atoms with Gasteiger partial charge in [-0.3, -0.25) is 9.89 Å². The van der Waals surface area contributed by atoms with Gasteiger partial charge < -0.3 is 9.42 Å². The van der Waals surface area contributed by atoms with Gasteiger partial charge >= 0.3 is 0 Å². The molecule has 3 heterocycles. The van der Waals surface area contributed by atoms with Crippen molar-refractivity contribution in [3.8, 4) is 11.3 Å². The van der Waals surface area contributed by atoms with Crippen LogP contribution in [0.25, 0.3) is 11.3 Å². The Kier molecular flexibility index (Phi) is 3.82. The van der Waals surface area contributed by atoms with Gasteiger partial charge in [0.15, 0.2) is 0 Å². The zero-order valence-electron chi connectivity index (χ0n) is 13.1. The molecule has 1 atom stereocenters. The number of likely N-dealkylation sites (tertiary alicyclic amines) is 1. The number of hydrogen-bond donors (Lipinski definition) is 1. The molecule has 4 rings (SSSR count). The van der Waals surface area contributed by atoms with Gasteiger partial charge in [0.2, 0.25) is 0 Å². The SMILES string of the molecule is O=C(c1conc1-c1ccccc1)N1CCC[C@H](c2ncn[nH]2)C1. The van der Waals surface area contributed by atoms with E-state index < -0.39 is 0 Å². The highest BCUT2D eigenvalue weighted by Crippen LogP contribution is 2.28. The molecule has 1 aliphatic heterocycles. The Balaban J connectivity index is 1.57. The van der Waals surface area contributed by atoms with Gasteiger partial charge in [0.05, 0.1) is 0 Å². The molecule has 0 unspecified atom stereocenters. The number of aromatic amines is 1. The monoisotopic (exact) mass is 323 g/mol. The van der Waals surface area contributed by atoms with Crippen molar-refractivity contribution in [2.75, 3.05) is 13.1 Å². The summed E-state index contributed by atoms with van der Waals surface area (Å²) in [6, 6.07) is 9.60. The fourth-order valence-corrected chi connectivity index (χ4v) is 3.16. The Hall–Kier alpha value is -2.96. The number of carbonyl (C=O) groups is 1. The number of hydrogen-bond acceptors (Lipinski definition) is 5. The average molecular weight is 323 g/mol. The molecular weight excluding hydrogens is 306 g/mol. The standard InChI is InChI=1S/C17H17N5O2/c23-17(14-10-24-21-15(14)12-5-2-1-3-6-12)22-8-4-7-13(9-22)16-18-11-19-20-16/h1-3,5-6,10-11,13H,4,7-9H2,(H,18,19,20)/t13-/m0/s1. The van der Waals surface area contributed by atoms with Crippen LogP contribution in [0.15, 0.2) is 47.4 Å². The first-order valence-electron chi connectivity index (χ1n) is 7.97. The van der Waals surface area contributed by atoms with E-state index in [1.165, 1.54) is 12.6 Å².